The van der Waals surface area contributed by atoms with E-state index < -0.39 is 0 Å². The zero-order chi connectivity index (χ0) is 18.6. The molecule has 4 rings (SSSR count). The highest BCUT2D eigenvalue weighted by Gasteiger charge is 2.12. The Morgan fingerprint density at radius 1 is 1.07 bits per heavy atom. The van der Waals surface area contributed by atoms with E-state index in [1.54, 1.807) is 18.3 Å². The minimum atomic E-state index is -0.292. The van der Waals surface area contributed by atoms with Gasteiger partial charge in [-0.15, -0.1) is 0 Å². The Labute approximate surface area is 154 Å². The van der Waals surface area contributed by atoms with E-state index in [9.17, 15) is 4.39 Å². The Kier molecular flexibility index (Phi) is 4.61. The fourth-order valence-electron chi connectivity index (χ4n) is 2.58. The van der Waals surface area contributed by atoms with E-state index >= 15 is 0 Å². The van der Waals surface area contributed by atoms with E-state index in [1.807, 2.05) is 19.1 Å². The second-order valence-electron chi connectivity index (χ2n) is 5.64. The number of hydrogen-bond acceptors (Lipinski definition) is 7. The van der Waals surface area contributed by atoms with Crippen molar-refractivity contribution >= 4 is 17.0 Å². The lowest BCUT2D eigenvalue weighted by molar-refractivity contribution is 0.330. The van der Waals surface area contributed by atoms with Crippen LogP contribution in [0.15, 0.2) is 53.3 Å². The highest BCUT2D eigenvalue weighted by molar-refractivity contribution is 5.83. The maximum absolute atomic E-state index is 13.2. The van der Waals surface area contributed by atoms with Crippen LogP contribution < -0.4 is 10.1 Å². The largest absolute Gasteiger partial charge is 0.476 e. The number of anilines is 1. The Hall–Kier alpha value is -3.55. The van der Waals surface area contributed by atoms with Crippen LogP contribution in [0.4, 0.5) is 10.3 Å². The van der Waals surface area contributed by atoms with E-state index in [2.05, 4.69) is 25.3 Å². The van der Waals surface area contributed by atoms with Crippen molar-refractivity contribution in [2.45, 2.75) is 13.5 Å². The fourth-order valence-corrected chi connectivity index (χ4v) is 2.58. The highest BCUT2D eigenvalue weighted by Crippen LogP contribution is 2.26. The molecular formula is C19H16FN5O2. The average Bonchev–Trinajstić information content (AvgIpc) is 3.21. The Morgan fingerprint density at radius 2 is 1.93 bits per heavy atom. The van der Waals surface area contributed by atoms with Crippen molar-refractivity contribution in [2.75, 3.05) is 11.9 Å². The molecule has 0 aliphatic heterocycles. The van der Waals surface area contributed by atoms with Crippen molar-refractivity contribution in [1.29, 1.82) is 0 Å². The number of nitrogens with one attached hydrogen (secondary N) is 1. The van der Waals surface area contributed by atoms with Gasteiger partial charge in [0.1, 0.15) is 12.1 Å². The number of hydrogen-bond donors (Lipinski definition) is 1. The number of ether oxygens (including phenoxy) is 1. The molecule has 0 fully saturated rings. The molecule has 27 heavy (non-hydrogen) atoms. The SMILES string of the molecule is CCOc1nc(NCc2ncco2)nc2ccc(-c3ccc(F)cc3)nc12. The summed E-state index contributed by atoms with van der Waals surface area (Å²) in [6.07, 6.45) is 3.08. The van der Waals surface area contributed by atoms with E-state index in [0.717, 1.165) is 5.56 Å². The lowest BCUT2D eigenvalue weighted by atomic mass is 10.1. The van der Waals surface area contributed by atoms with Crippen molar-refractivity contribution < 1.29 is 13.5 Å². The van der Waals surface area contributed by atoms with Crippen LogP contribution in [0, 0.1) is 5.82 Å². The zero-order valence-corrected chi connectivity index (χ0v) is 14.5. The minimum absolute atomic E-state index is 0.292. The summed E-state index contributed by atoms with van der Waals surface area (Å²) in [4.78, 5) is 17.5. The molecule has 3 heterocycles. The van der Waals surface area contributed by atoms with Gasteiger partial charge in [0.2, 0.25) is 17.7 Å². The number of oxazole rings is 1. The molecular weight excluding hydrogens is 349 g/mol. The van der Waals surface area contributed by atoms with Crippen molar-refractivity contribution in [2.24, 2.45) is 0 Å². The smallest absolute Gasteiger partial charge is 0.245 e. The third kappa shape index (κ3) is 3.69. The normalized spacial score (nSPS) is 10.9. The van der Waals surface area contributed by atoms with Crippen LogP contribution in [0.1, 0.15) is 12.8 Å². The van der Waals surface area contributed by atoms with Gasteiger partial charge in [0, 0.05) is 5.56 Å². The molecule has 0 amide bonds. The Morgan fingerprint density at radius 3 is 2.67 bits per heavy atom. The molecule has 7 nitrogen and oxygen atoms in total. The third-order valence-corrected chi connectivity index (χ3v) is 3.81. The second-order valence-corrected chi connectivity index (χ2v) is 5.64. The summed E-state index contributed by atoms with van der Waals surface area (Å²) in [7, 11) is 0. The first-order valence-corrected chi connectivity index (χ1v) is 8.42. The third-order valence-electron chi connectivity index (χ3n) is 3.81. The molecule has 1 aromatic carbocycles. The number of rotatable bonds is 6. The van der Waals surface area contributed by atoms with Crippen LogP contribution in [-0.4, -0.2) is 26.5 Å². The molecule has 0 atom stereocenters. The number of aromatic nitrogens is 4. The second kappa shape index (κ2) is 7.36. The highest BCUT2D eigenvalue weighted by atomic mass is 19.1. The number of nitrogens with zero attached hydrogens (tertiary/aromatic N) is 4. The quantitative estimate of drug-likeness (QED) is 0.556. The van der Waals surface area contributed by atoms with Crippen LogP contribution in [0.3, 0.4) is 0 Å². The molecule has 0 aliphatic rings. The molecule has 0 saturated heterocycles. The molecule has 8 heteroatoms. The predicted molar refractivity (Wildman–Crippen MR) is 97.7 cm³/mol. The Bertz CT molecular complexity index is 1050. The molecule has 0 bridgehead atoms. The number of benzene rings is 1. The van der Waals surface area contributed by atoms with Crippen LogP contribution in [-0.2, 0) is 6.54 Å². The van der Waals surface area contributed by atoms with Gasteiger partial charge in [-0.2, -0.15) is 4.98 Å². The van der Waals surface area contributed by atoms with Crippen LogP contribution in [0.5, 0.6) is 5.88 Å². The molecule has 0 aliphatic carbocycles. The maximum atomic E-state index is 13.2. The van der Waals surface area contributed by atoms with Gasteiger partial charge in [0.25, 0.3) is 0 Å². The van der Waals surface area contributed by atoms with Gasteiger partial charge >= 0.3 is 0 Å². The number of fused-ring (bicyclic) bond motifs is 1. The van der Waals surface area contributed by atoms with Crippen LogP contribution in [0.2, 0.25) is 0 Å². The summed E-state index contributed by atoms with van der Waals surface area (Å²) in [5, 5.41) is 3.06. The first kappa shape index (κ1) is 16.9. The van der Waals surface area contributed by atoms with Gasteiger partial charge in [0.05, 0.1) is 30.6 Å². The summed E-state index contributed by atoms with van der Waals surface area (Å²) in [6.45, 7) is 2.66. The first-order valence-electron chi connectivity index (χ1n) is 8.42. The van der Waals surface area contributed by atoms with Gasteiger partial charge in [0.15, 0.2) is 5.52 Å². The zero-order valence-electron chi connectivity index (χ0n) is 14.5. The lowest BCUT2D eigenvalue weighted by Gasteiger charge is -2.10. The van der Waals surface area contributed by atoms with Gasteiger partial charge in [-0.05, 0) is 43.3 Å². The standard InChI is InChI=1S/C19H16FN5O2/c1-2-26-18-17-15(24-19(25-18)22-11-16-21-9-10-27-16)8-7-14(23-17)12-3-5-13(20)6-4-12/h3-10H,2,11H2,1H3,(H,22,24,25). The fraction of sp³-hybridized carbons (Fsp3) is 0.158. The molecule has 136 valence electrons. The summed E-state index contributed by atoms with van der Waals surface area (Å²) in [6, 6.07) is 9.82. The summed E-state index contributed by atoms with van der Waals surface area (Å²) in [5.41, 5.74) is 2.66. The van der Waals surface area contributed by atoms with Crippen LogP contribution in [0.25, 0.3) is 22.3 Å². The van der Waals surface area contributed by atoms with E-state index in [-0.39, 0.29) is 5.82 Å². The van der Waals surface area contributed by atoms with Crippen LogP contribution >= 0.6 is 0 Å². The molecule has 1 N–H and O–H groups in total. The maximum Gasteiger partial charge on any atom is 0.245 e. The van der Waals surface area contributed by atoms with Gasteiger partial charge in [-0.1, -0.05) is 0 Å². The molecule has 0 unspecified atom stereocenters. The van der Waals surface area contributed by atoms with Gasteiger partial charge in [-0.3, -0.25) is 0 Å². The summed E-state index contributed by atoms with van der Waals surface area (Å²) in [5.74, 6) is 1.00. The van der Waals surface area contributed by atoms with Crippen molar-refractivity contribution in [3.63, 3.8) is 0 Å². The molecule has 0 spiro atoms. The number of pyridine rings is 1. The van der Waals surface area contributed by atoms with Gasteiger partial charge in [-0.25, -0.2) is 19.3 Å². The molecule has 4 aromatic rings. The van der Waals surface area contributed by atoms with Crippen molar-refractivity contribution in [3.05, 3.63) is 60.6 Å². The molecule has 0 radical (unpaired) electrons. The average molecular weight is 365 g/mol. The van der Waals surface area contributed by atoms with E-state index in [4.69, 9.17) is 9.15 Å². The van der Waals surface area contributed by atoms with Crippen molar-refractivity contribution in [3.8, 4) is 17.1 Å². The molecule has 3 aromatic heterocycles. The van der Waals surface area contributed by atoms with E-state index in [0.29, 0.717) is 47.6 Å². The Balaban J connectivity index is 1.70. The summed E-state index contributed by atoms with van der Waals surface area (Å²) >= 11 is 0. The van der Waals surface area contributed by atoms with E-state index in [1.165, 1.54) is 18.4 Å². The molecule has 0 saturated carbocycles. The predicted octanol–water partition coefficient (Wildman–Crippen LogP) is 3.83. The summed E-state index contributed by atoms with van der Waals surface area (Å²) < 4.78 is 24.0. The minimum Gasteiger partial charge on any atom is -0.476 e. The lowest BCUT2D eigenvalue weighted by Crippen LogP contribution is -2.07. The topological polar surface area (TPSA) is 86.0 Å². The first-order chi connectivity index (χ1) is 13.2. The van der Waals surface area contributed by atoms with Crippen molar-refractivity contribution in [1.82, 2.24) is 19.9 Å². The van der Waals surface area contributed by atoms with Gasteiger partial charge < -0.3 is 14.5 Å². The number of halogens is 1. The monoisotopic (exact) mass is 365 g/mol.